The molecule has 1 saturated carbocycles. The second-order valence-electron chi connectivity index (χ2n) is 7.64. The van der Waals surface area contributed by atoms with Gasteiger partial charge in [-0.25, -0.2) is 8.42 Å². The number of rotatable bonds is 6. The Balaban J connectivity index is 1.46. The second-order valence-corrected chi connectivity index (χ2v) is 9.66. The molecule has 0 radical (unpaired) electrons. The largest absolute Gasteiger partial charge is 0.363 e. The third kappa shape index (κ3) is 4.10. The first-order valence-corrected chi connectivity index (χ1v) is 11.4. The van der Waals surface area contributed by atoms with E-state index >= 15 is 0 Å². The highest BCUT2D eigenvalue weighted by atomic mass is 32.2. The van der Waals surface area contributed by atoms with E-state index in [1.54, 1.807) is 0 Å². The summed E-state index contributed by atoms with van der Waals surface area (Å²) >= 11 is 0. The lowest BCUT2D eigenvalue weighted by Crippen LogP contribution is -2.47. The van der Waals surface area contributed by atoms with Crippen LogP contribution in [-0.2, 0) is 9.84 Å². The van der Waals surface area contributed by atoms with Gasteiger partial charge in [-0.2, -0.15) is 4.98 Å². The molecule has 0 unspecified atom stereocenters. The summed E-state index contributed by atoms with van der Waals surface area (Å²) in [7, 11) is -3.51. The highest BCUT2D eigenvalue weighted by Gasteiger charge is 2.32. The van der Waals surface area contributed by atoms with Crippen LogP contribution in [0.2, 0.25) is 0 Å². The number of nitro groups is 1. The number of anilines is 1. The fraction of sp³-hybridized carbons (Fsp3) is 0.556. The van der Waals surface area contributed by atoms with Crippen LogP contribution in [0.5, 0.6) is 0 Å². The molecule has 2 heterocycles. The van der Waals surface area contributed by atoms with E-state index in [0.29, 0.717) is 43.7 Å². The highest BCUT2D eigenvalue weighted by Crippen LogP contribution is 2.39. The Morgan fingerprint density at radius 2 is 1.93 bits per heavy atom. The Morgan fingerprint density at radius 3 is 2.52 bits per heavy atom. The lowest BCUT2D eigenvalue weighted by Gasteiger charge is -2.37. The lowest BCUT2D eigenvalue weighted by atomic mass is 10.2. The molecule has 0 bridgehead atoms. The van der Waals surface area contributed by atoms with Crippen molar-refractivity contribution in [2.75, 3.05) is 37.3 Å². The first kappa shape index (κ1) is 19.8. The molecule has 11 heteroatoms. The molecule has 2 aliphatic rings. The van der Waals surface area contributed by atoms with Crippen LogP contribution in [0.3, 0.4) is 0 Å². The van der Waals surface area contributed by atoms with Gasteiger partial charge in [0, 0.05) is 44.4 Å². The number of piperazine rings is 1. The molecule has 0 spiro atoms. The van der Waals surface area contributed by atoms with Gasteiger partial charge in [0.15, 0.2) is 15.7 Å². The maximum absolute atomic E-state index is 11.7. The van der Waals surface area contributed by atoms with Crippen LogP contribution in [-0.4, -0.2) is 60.8 Å². The monoisotopic (exact) mass is 421 g/mol. The quantitative estimate of drug-likeness (QED) is 0.510. The molecule has 1 saturated heterocycles. The average Bonchev–Trinajstić information content (AvgIpc) is 3.43. The van der Waals surface area contributed by atoms with Gasteiger partial charge in [0.2, 0.25) is 5.89 Å². The molecular formula is C18H23N5O5S. The summed E-state index contributed by atoms with van der Waals surface area (Å²) < 4.78 is 28.9. The summed E-state index contributed by atoms with van der Waals surface area (Å²) in [5.41, 5.74) is 0.240. The molecule has 1 aliphatic carbocycles. The Labute approximate surface area is 168 Å². The first-order valence-electron chi connectivity index (χ1n) is 9.55. The number of hydrogen-bond donors (Lipinski definition) is 0. The van der Waals surface area contributed by atoms with Crippen molar-refractivity contribution in [2.45, 2.75) is 36.6 Å². The number of aromatic nitrogens is 2. The zero-order chi connectivity index (χ0) is 20.8. The molecule has 0 N–H and O–H groups in total. The van der Waals surface area contributed by atoms with Gasteiger partial charge in [-0.1, -0.05) is 5.16 Å². The van der Waals surface area contributed by atoms with Crippen LogP contribution in [0, 0.1) is 10.1 Å². The highest BCUT2D eigenvalue weighted by molar-refractivity contribution is 7.90. The van der Waals surface area contributed by atoms with E-state index in [2.05, 4.69) is 15.0 Å². The number of sulfone groups is 1. The van der Waals surface area contributed by atoms with E-state index in [-0.39, 0.29) is 16.6 Å². The predicted molar refractivity (Wildman–Crippen MR) is 105 cm³/mol. The summed E-state index contributed by atoms with van der Waals surface area (Å²) in [6.45, 7) is 4.52. The van der Waals surface area contributed by atoms with Gasteiger partial charge >= 0.3 is 0 Å². The van der Waals surface area contributed by atoms with Crippen LogP contribution in [0.25, 0.3) is 0 Å². The van der Waals surface area contributed by atoms with E-state index in [4.69, 9.17) is 4.52 Å². The van der Waals surface area contributed by atoms with Gasteiger partial charge in [-0.15, -0.1) is 0 Å². The zero-order valence-corrected chi connectivity index (χ0v) is 17.1. The number of nitro benzene ring substituents is 1. The van der Waals surface area contributed by atoms with Crippen LogP contribution in [0.1, 0.15) is 43.4 Å². The summed E-state index contributed by atoms with van der Waals surface area (Å²) in [5.74, 6) is 1.82. The molecule has 1 aliphatic heterocycles. The first-order chi connectivity index (χ1) is 13.7. The van der Waals surface area contributed by atoms with Crippen molar-refractivity contribution in [3.63, 3.8) is 0 Å². The minimum absolute atomic E-state index is 0.0280. The van der Waals surface area contributed by atoms with Crippen molar-refractivity contribution in [1.82, 2.24) is 15.0 Å². The molecule has 1 aromatic carbocycles. The van der Waals surface area contributed by atoms with E-state index in [1.165, 1.54) is 12.1 Å². The van der Waals surface area contributed by atoms with Gasteiger partial charge in [-0.05, 0) is 31.9 Å². The van der Waals surface area contributed by atoms with E-state index in [9.17, 15) is 18.5 Å². The van der Waals surface area contributed by atoms with Crippen LogP contribution in [0.4, 0.5) is 11.4 Å². The van der Waals surface area contributed by atoms with E-state index in [0.717, 1.165) is 31.0 Å². The molecule has 2 fully saturated rings. The van der Waals surface area contributed by atoms with Crippen molar-refractivity contribution < 1.29 is 17.9 Å². The Morgan fingerprint density at radius 1 is 1.24 bits per heavy atom. The predicted octanol–water partition coefficient (Wildman–Crippen LogP) is 2.14. The normalized spacial score (nSPS) is 19.3. The van der Waals surface area contributed by atoms with Crippen molar-refractivity contribution in [3.05, 3.63) is 40.0 Å². The SMILES string of the molecule is C[C@@H](c1nc(C2CC2)no1)N1CCN(c2ccc(S(C)(=O)=O)cc2[N+](=O)[O-])CC1. The summed E-state index contributed by atoms with van der Waals surface area (Å²) in [6.07, 6.45) is 3.27. The van der Waals surface area contributed by atoms with Gasteiger partial charge in [0.05, 0.1) is 15.9 Å². The molecule has 156 valence electrons. The van der Waals surface area contributed by atoms with E-state index in [1.807, 2.05) is 11.8 Å². The van der Waals surface area contributed by atoms with E-state index < -0.39 is 14.8 Å². The number of benzene rings is 1. The third-order valence-electron chi connectivity index (χ3n) is 5.53. The zero-order valence-electron chi connectivity index (χ0n) is 16.3. The summed E-state index contributed by atoms with van der Waals surface area (Å²) in [5, 5.41) is 15.6. The van der Waals surface area contributed by atoms with Crippen LogP contribution in [0.15, 0.2) is 27.6 Å². The molecule has 10 nitrogen and oxygen atoms in total. The van der Waals surface area contributed by atoms with Crippen molar-refractivity contribution in [2.24, 2.45) is 0 Å². The van der Waals surface area contributed by atoms with Gasteiger partial charge in [-0.3, -0.25) is 15.0 Å². The van der Waals surface area contributed by atoms with Crippen molar-refractivity contribution in [3.8, 4) is 0 Å². The van der Waals surface area contributed by atoms with Crippen molar-refractivity contribution >= 4 is 21.2 Å². The molecule has 29 heavy (non-hydrogen) atoms. The van der Waals surface area contributed by atoms with Crippen molar-refractivity contribution in [1.29, 1.82) is 0 Å². The Hall–Kier alpha value is -2.53. The molecule has 4 rings (SSSR count). The fourth-order valence-electron chi connectivity index (χ4n) is 3.58. The third-order valence-corrected chi connectivity index (χ3v) is 6.64. The number of nitrogens with zero attached hydrogens (tertiary/aromatic N) is 5. The van der Waals surface area contributed by atoms with Crippen LogP contribution < -0.4 is 4.90 Å². The minimum atomic E-state index is -3.51. The Bertz CT molecular complexity index is 1030. The summed E-state index contributed by atoms with van der Waals surface area (Å²) in [4.78, 5) is 19.6. The summed E-state index contributed by atoms with van der Waals surface area (Å²) in [6, 6.07) is 4.05. The maximum Gasteiger partial charge on any atom is 0.293 e. The standard InChI is InChI=1S/C18H23N5O5S/c1-12(18-19-17(20-28-18)13-3-4-13)21-7-9-22(10-8-21)15-6-5-14(29(2,26)27)11-16(15)23(24)25/h5-6,11-13H,3-4,7-10H2,1-2H3/t12-/m0/s1. The topological polar surface area (TPSA) is 123 Å². The Kier molecular flexibility index (Phi) is 5.03. The van der Waals surface area contributed by atoms with Gasteiger partial charge in [0.1, 0.15) is 5.69 Å². The second kappa shape index (κ2) is 7.38. The van der Waals surface area contributed by atoms with Crippen LogP contribution >= 0.6 is 0 Å². The minimum Gasteiger partial charge on any atom is -0.363 e. The molecule has 0 amide bonds. The fourth-order valence-corrected chi connectivity index (χ4v) is 4.22. The molecular weight excluding hydrogens is 398 g/mol. The van der Waals surface area contributed by atoms with Gasteiger partial charge in [0.25, 0.3) is 5.69 Å². The lowest BCUT2D eigenvalue weighted by molar-refractivity contribution is -0.384. The number of hydrogen-bond acceptors (Lipinski definition) is 9. The molecule has 1 aromatic heterocycles. The average molecular weight is 421 g/mol. The molecule has 2 aromatic rings. The van der Waals surface area contributed by atoms with Gasteiger partial charge < -0.3 is 9.42 Å². The smallest absolute Gasteiger partial charge is 0.293 e. The maximum atomic E-state index is 11.7. The molecule has 1 atom stereocenters.